The normalized spacial score (nSPS) is 12.2. The summed E-state index contributed by atoms with van der Waals surface area (Å²) in [5.41, 5.74) is -0.350. The van der Waals surface area contributed by atoms with Crippen molar-refractivity contribution in [2.24, 2.45) is 0 Å². The number of hydrogen-bond donors (Lipinski definition) is 2. The van der Waals surface area contributed by atoms with Crippen molar-refractivity contribution in [1.29, 1.82) is 0 Å². The summed E-state index contributed by atoms with van der Waals surface area (Å²) in [6, 6.07) is 3.51. The largest absolute Gasteiger partial charge is 0.573 e. The van der Waals surface area contributed by atoms with Crippen LogP contribution in [0.5, 0.6) is 5.75 Å². The van der Waals surface area contributed by atoms with Gasteiger partial charge in [-0.15, -0.1) is 13.2 Å². The van der Waals surface area contributed by atoms with Gasteiger partial charge >= 0.3 is 6.36 Å². The first-order valence-corrected chi connectivity index (χ1v) is 7.52. The fourth-order valence-electron chi connectivity index (χ4n) is 1.38. The van der Waals surface area contributed by atoms with Gasteiger partial charge in [-0.2, -0.15) is 5.10 Å². The van der Waals surface area contributed by atoms with Gasteiger partial charge in [0.15, 0.2) is 5.75 Å². The third-order valence-corrected chi connectivity index (χ3v) is 4.02. The van der Waals surface area contributed by atoms with Crippen LogP contribution >= 0.6 is 15.9 Å². The number of anilines is 1. The SMILES string of the molecule is O=S(=O)(Nc1ccc(Br)cc1OC(F)(F)F)c1cn[nH]c1. The van der Waals surface area contributed by atoms with Crippen molar-refractivity contribution in [2.75, 3.05) is 4.72 Å². The number of sulfonamides is 1. The molecule has 1 heterocycles. The van der Waals surface area contributed by atoms with Crippen LogP contribution in [0, 0.1) is 0 Å². The number of aromatic nitrogens is 2. The van der Waals surface area contributed by atoms with Crippen molar-refractivity contribution in [3.8, 4) is 5.75 Å². The van der Waals surface area contributed by atoms with Crippen LogP contribution < -0.4 is 9.46 Å². The van der Waals surface area contributed by atoms with E-state index in [0.29, 0.717) is 4.47 Å². The van der Waals surface area contributed by atoms with E-state index >= 15 is 0 Å². The van der Waals surface area contributed by atoms with Gasteiger partial charge in [0.2, 0.25) is 0 Å². The van der Waals surface area contributed by atoms with E-state index in [2.05, 4.69) is 30.9 Å². The molecule has 0 bridgehead atoms. The Balaban J connectivity index is 2.36. The minimum absolute atomic E-state index is 0.219. The van der Waals surface area contributed by atoms with Gasteiger partial charge in [-0.05, 0) is 18.2 Å². The summed E-state index contributed by atoms with van der Waals surface area (Å²) in [4.78, 5) is -0.219. The molecular formula is C10H7BrF3N3O3S. The summed E-state index contributed by atoms with van der Waals surface area (Å²) >= 11 is 2.98. The predicted molar refractivity (Wildman–Crippen MR) is 70.2 cm³/mol. The monoisotopic (exact) mass is 385 g/mol. The highest BCUT2D eigenvalue weighted by Gasteiger charge is 2.33. The number of halogens is 4. The Kier molecular flexibility index (Phi) is 4.14. The minimum Gasteiger partial charge on any atom is -0.403 e. The molecule has 2 rings (SSSR count). The van der Waals surface area contributed by atoms with E-state index in [4.69, 9.17) is 0 Å². The second-order valence-corrected chi connectivity index (χ2v) is 6.33. The molecule has 0 spiro atoms. The number of nitrogens with zero attached hydrogens (tertiary/aromatic N) is 1. The molecule has 0 radical (unpaired) electrons. The van der Waals surface area contributed by atoms with E-state index in [1.54, 1.807) is 0 Å². The predicted octanol–water partition coefficient (Wildman–Crippen LogP) is 2.87. The minimum atomic E-state index is -4.95. The van der Waals surface area contributed by atoms with E-state index in [-0.39, 0.29) is 10.6 Å². The van der Waals surface area contributed by atoms with E-state index < -0.39 is 22.1 Å². The molecule has 0 aliphatic rings. The quantitative estimate of drug-likeness (QED) is 0.847. The highest BCUT2D eigenvalue weighted by atomic mass is 79.9. The summed E-state index contributed by atoms with van der Waals surface area (Å²) in [6.07, 6.45) is -2.84. The van der Waals surface area contributed by atoms with Gasteiger partial charge in [-0.25, -0.2) is 8.42 Å². The molecule has 1 aromatic heterocycles. The highest BCUT2D eigenvalue weighted by molar-refractivity contribution is 9.10. The number of benzene rings is 1. The van der Waals surface area contributed by atoms with E-state index in [9.17, 15) is 21.6 Å². The summed E-state index contributed by atoms with van der Waals surface area (Å²) < 4.78 is 67.0. The Morgan fingerprint density at radius 3 is 2.62 bits per heavy atom. The lowest BCUT2D eigenvalue weighted by atomic mass is 10.3. The van der Waals surface area contributed by atoms with Crippen molar-refractivity contribution in [3.63, 3.8) is 0 Å². The second-order valence-electron chi connectivity index (χ2n) is 3.73. The zero-order valence-corrected chi connectivity index (χ0v) is 12.4. The molecule has 114 valence electrons. The fraction of sp³-hybridized carbons (Fsp3) is 0.100. The molecule has 0 saturated heterocycles. The first-order chi connectivity index (χ1) is 9.67. The molecule has 21 heavy (non-hydrogen) atoms. The molecule has 1 aromatic carbocycles. The van der Waals surface area contributed by atoms with Crippen LogP contribution in [0.25, 0.3) is 0 Å². The van der Waals surface area contributed by atoms with Gasteiger partial charge in [-0.3, -0.25) is 9.82 Å². The van der Waals surface area contributed by atoms with Crippen molar-refractivity contribution < 1.29 is 26.3 Å². The maximum atomic E-state index is 12.3. The van der Waals surface area contributed by atoms with Crippen LogP contribution in [0.4, 0.5) is 18.9 Å². The van der Waals surface area contributed by atoms with E-state index in [0.717, 1.165) is 24.5 Å². The van der Waals surface area contributed by atoms with Crippen LogP contribution in [0.1, 0.15) is 0 Å². The number of alkyl halides is 3. The average molecular weight is 386 g/mol. The molecule has 0 fully saturated rings. The molecule has 2 aromatic rings. The molecule has 0 amide bonds. The second kappa shape index (κ2) is 5.56. The fourth-order valence-corrected chi connectivity index (χ4v) is 2.69. The third kappa shape index (κ3) is 4.11. The summed E-state index contributed by atoms with van der Waals surface area (Å²) in [6.45, 7) is 0. The molecule has 6 nitrogen and oxygen atoms in total. The van der Waals surface area contributed by atoms with E-state index in [1.165, 1.54) is 6.07 Å². The Bertz CT molecular complexity index is 732. The van der Waals surface area contributed by atoms with Crippen molar-refractivity contribution >= 4 is 31.6 Å². The van der Waals surface area contributed by atoms with Crippen LogP contribution in [0.3, 0.4) is 0 Å². The maximum Gasteiger partial charge on any atom is 0.573 e. The van der Waals surface area contributed by atoms with Gasteiger partial charge in [-0.1, -0.05) is 15.9 Å². The van der Waals surface area contributed by atoms with Gasteiger partial charge < -0.3 is 4.74 Å². The number of ether oxygens (including phenoxy) is 1. The molecule has 11 heteroatoms. The number of H-pyrrole nitrogens is 1. The van der Waals surface area contributed by atoms with E-state index in [1.807, 2.05) is 4.72 Å². The van der Waals surface area contributed by atoms with Gasteiger partial charge in [0, 0.05) is 10.7 Å². The average Bonchev–Trinajstić information content (AvgIpc) is 2.85. The van der Waals surface area contributed by atoms with Crippen LogP contribution in [-0.4, -0.2) is 25.0 Å². The zero-order chi connectivity index (χ0) is 15.7. The lowest BCUT2D eigenvalue weighted by Gasteiger charge is -2.14. The first-order valence-electron chi connectivity index (χ1n) is 5.24. The van der Waals surface area contributed by atoms with Gasteiger partial charge in [0.05, 0.1) is 11.9 Å². The lowest BCUT2D eigenvalue weighted by molar-refractivity contribution is -0.274. The Labute approximate surface area is 125 Å². The summed E-state index contributed by atoms with van der Waals surface area (Å²) in [7, 11) is -4.07. The summed E-state index contributed by atoms with van der Waals surface area (Å²) in [5, 5.41) is 5.76. The van der Waals surface area contributed by atoms with Crippen LogP contribution in [0.15, 0.2) is 40.0 Å². The third-order valence-electron chi connectivity index (χ3n) is 2.20. The molecule has 0 unspecified atom stereocenters. The molecule has 0 aliphatic carbocycles. The summed E-state index contributed by atoms with van der Waals surface area (Å²) in [5.74, 6) is -0.677. The van der Waals surface area contributed by atoms with Gasteiger partial charge in [0.1, 0.15) is 4.90 Å². The maximum absolute atomic E-state index is 12.3. The molecular weight excluding hydrogens is 379 g/mol. The number of rotatable bonds is 4. The zero-order valence-electron chi connectivity index (χ0n) is 9.98. The topological polar surface area (TPSA) is 84.1 Å². The van der Waals surface area contributed by atoms with Gasteiger partial charge in [0.25, 0.3) is 10.0 Å². The standard InChI is InChI=1S/C10H7BrF3N3O3S/c11-6-1-2-8(9(3-6)20-10(12,13)14)17-21(18,19)7-4-15-16-5-7/h1-5,17H,(H,15,16). The van der Waals surface area contributed by atoms with Crippen molar-refractivity contribution in [3.05, 3.63) is 35.1 Å². The van der Waals surface area contributed by atoms with Crippen LogP contribution in [-0.2, 0) is 10.0 Å². The Morgan fingerprint density at radius 1 is 1.33 bits per heavy atom. The smallest absolute Gasteiger partial charge is 0.403 e. The Morgan fingerprint density at radius 2 is 2.05 bits per heavy atom. The highest BCUT2D eigenvalue weighted by Crippen LogP contribution is 2.34. The van der Waals surface area contributed by atoms with Crippen molar-refractivity contribution in [2.45, 2.75) is 11.3 Å². The number of aromatic amines is 1. The molecule has 2 N–H and O–H groups in total. The molecule has 0 atom stereocenters. The number of nitrogens with one attached hydrogen (secondary N) is 2. The number of hydrogen-bond acceptors (Lipinski definition) is 4. The molecule has 0 saturated carbocycles. The van der Waals surface area contributed by atoms with Crippen molar-refractivity contribution in [1.82, 2.24) is 10.2 Å². The molecule has 0 aliphatic heterocycles. The lowest BCUT2D eigenvalue weighted by Crippen LogP contribution is -2.19. The Hall–Kier alpha value is -1.75. The first kappa shape index (κ1) is 15.6. The van der Waals surface area contributed by atoms with Crippen LogP contribution in [0.2, 0.25) is 0 Å².